The smallest absolute Gasteiger partial charge is 0.165 e. The van der Waals surface area contributed by atoms with Crippen LogP contribution in [0.3, 0.4) is 0 Å². The molecule has 0 bridgehead atoms. The van der Waals surface area contributed by atoms with Gasteiger partial charge in [0, 0.05) is 11.3 Å². The zero-order valence-corrected chi connectivity index (χ0v) is 12.6. The standard InChI is InChI=1S/C14H18N2S2/c1-14(2,3)12-11(16-13(17-12)18-15)9-10-7-5-4-6-8-10/h4-8H,9,15H2,1-3H3. The average molecular weight is 278 g/mol. The Bertz CT molecular complexity index is 512. The van der Waals surface area contributed by atoms with Gasteiger partial charge in [0.25, 0.3) is 0 Å². The summed E-state index contributed by atoms with van der Waals surface area (Å²) in [4.78, 5) is 5.98. The number of hydrogen-bond donors (Lipinski definition) is 1. The van der Waals surface area contributed by atoms with Gasteiger partial charge in [-0.3, -0.25) is 5.14 Å². The van der Waals surface area contributed by atoms with E-state index in [-0.39, 0.29) is 5.41 Å². The van der Waals surface area contributed by atoms with Crippen LogP contribution in [0.2, 0.25) is 0 Å². The topological polar surface area (TPSA) is 38.9 Å². The molecule has 2 N–H and O–H groups in total. The van der Waals surface area contributed by atoms with Crippen LogP contribution in [0.1, 0.15) is 36.9 Å². The van der Waals surface area contributed by atoms with E-state index >= 15 is 0 Å². The third-order valence-corrected chi connectivity index (χ3v) is 4.82. The zero-order valence-electron chi connectivity index (χ0n) is 10.9. The van der Waals surface area contributed by atoms with Crippen molar-refractivity contribution in [2.24, 2.45) is 5.14 Å². The minimum Gasteiger partial charge on any atom is -0.272 e. The van der Waals surface area contributed by atoms with Gasteiger partial charge in [-0.25, -0.2) is 4.98 Å². The van der Waals surface area contributed by atoms with Crippen molar-refractivity contribution in [2.45, 2.75) is 36.9 Å². The summed E-state index contributed by atoms with van der Waals surface area (Å²) in [6, 6.07) is 10.5. The van der Waals surface area contributed by atoms with Crippen molar-refractivity contribution in [1.82, 2.24) is 4.98 Å². The molecule has 18 heavy (non-hydrogen) atoms. The van der Waals surface area contributed by atoms with Gasteiger partial charge in [0.1, 0.15) is 0 Å². The first-order valence-corrected chi connectivity index (χ1v) is 7.61. The largest absolute Gasteiger partial charge is 0.272 e. The van der Waals surface area contributed by atoms with Crippen LogP contribution >= 0.6 is 23.3 Å². The maximum Gasteiger partial charge on any atom is 0.165 e. The third kappa shape index (κ3) is 3.13. The molecule has 0 atom stereocenters. The molecule has 1 aromatic heterocycles. The summed E-state index contributed by atoms with van der Waals surface area (Å²) >= 11 is 2.95. The van der Waals surface area contributed by atoms with Crippen molar-refractivity contribution in [3.05, 3.63) is 46.5 Å². The minimum absolute atomic E-state index is 0.121. The van der Waals surface area contributed by atoms with E-state index in [2.05, 4.69) is 50.0 Å². The maximum absolute atomic E-state index is 5.63. The summed E-state index contributed by atoms with van der Waals surface area (Å²) in [5, 5.41) is 5.63. The Morgan fingerprint density at radius 2 is 1.89 bits per heavy atom. The summed E-state index contributed by atoms with van der Waals surface area (Å²) in [5.74, 6) is 0. The van der Waals surface area contributed by atoms with E-state index in [9.17, 15) is 0 Å². The first kappa shape index (κ1) is 13.6. The molecule has 0 fully saturated rings. The lowest BCUT2D eigenvalue weighted by Gasteiger charge is -2.17. The number of rotatable bonds is 3. The van der Waals surface area contributed by atoms with Crippen LogP contribution < -0.4 is 5.14 Å². The van der Waals surface area contributed by atoms with Crippen molar-refractivity contribution in [3.63, 3.8) is 0 Å². The van der Waals surface area contributed by atoms with Crippen molar-refractivity contribution >= 4 is 23.3 Å². The van der Waals surface area contributed by atoms with Gasteiger partial charge in [-0.2, -0.15) is 0 Å². The first-order chi connectivity index (χ1) is 8.50. The number of nitrogens with zero attached hydrogens (tertiary/aromatic N) is 1. The van der Waals surface area contributed by atoms with Gasteiger partial charge in [0.2, 0.25) is 0 Å². The predicted molar refractivity (Wildman–Crippen MR) is 80.1 cm³/mol. The second-order valence-electron chi connectivity index (χ2n) is 5.29. The highest BCUT2D eigenvalue weighted by Crippen LogP contribution is 2.35. The third-order valence-electron chi connectivity index (χ3n) is 2.67. The van der Waals surface area contributed by atoms with Crippen molar-refractivity contribution in [2.75, 3.05) is 0 Å². The summed E-state index contributed by atoms with van der Waals surface area (Å²) in [7, 11) is 0. The number of aromatic nitrogens is 1. The average Bonchev–Trinajstić information content (AvgIpc) is 2.73. The van der Waals surface area contributed by atoms with Crippen LogP contribution in [0.4, 0.5) is 0 Å². The van der Waals surface area contributed by atoms with E-state index in [4.69, 9.17) is 5.14 Å². The molecule has 2 aromatic rings. The van der Waals surface area contributed by atoms with Crippen molar-refractivity contribution in [3.8, 4) is 0 Å². The van der Waals surface area contributed by atoms with E-state index < -0.39 is 0 Å². The number of thiazole rings is 1. The molecule has 0 saturated heterocycles. The summed E-state index contributed by atoms with van der Waals surface area (Å²) < 4.78 is 0.950. The number of hydrogen-bond acceptors (Lipinski definition) is 4. The van der Waals surface area contributed by atoms with E-state index in [0.717, 1.165) is 16.5 Å². The zero-order chi connectivity index (χ0) is 13.2. The molecule has 0 saturated carbocycles. The van der Waals surface area contributed by atoms with Gasteiger partial charge in [-0.1, -0.05) is 51.1 Å². The molecule has 1 heterocycles. The van der Waals surface area contributed by atoms with Crippen LogP contribution in [-0.2, 0) is 11.8 Å². The molecule has 1 aromatic carbocycles. The summed E-state index contributed by atoms with van der Waals surface area (Å²) in [5.41, 5.74) is 2.57. The molecule has 96 valence electrons. The number of nitrogens with two attached hydrogens (primary N) is 1. The van der Waals surface area contributed by atoms with E-state index in [1.165, 1.54) is 22.4 Å². The van der Waals surface area contributed by atoms with Gasteiger partial charge in [0.05, 0.1) is 5.69 Å². The molecular weight excluding hydrogens is 260 g/mol. The predicted octanol–water partition coefficient (Wildman–Crippen LogP) is 4.00. The Morgan fingerprint density at radius 3 is 2.44 bits per heavy atom. The van der Waals surface area contributed by atoms with Gasteiger partial charge >= 0.3 is 0 Å². The maximum atomic E-state index is 5.63. The molecule has 0 aliphatic heterocycles. The fraction of sp³-hybridized carbons (Fsp3) is 0.357. The second kappa shape index (κ2) is 5.43. The molecule has 0 aliphatic carbocycles. The lowest BCUT2D eigenvalue weighted by atomic mass is 9.91. The minimum atomic E-state index is 0.121. The lowest BCUT2D eigenvalue weighted by molar-refractivity contribution is 0.595. The fourth-order valence-electron chi connectivity index (χ4n) is 1.88. The molecule has 0 amide bonds. The highest BCUT2D eigenvalue weighted by atomic mass is 32.2. The van der Waals surface area contributed by atoms with Crippen LogP contribution in [0.5, 0.6) is 0 Å². The quantitative estimate of drug-likeness (QED) is 0.863. The normalized spacial score (nSPS) is 11.8. The molecule has 0 unspecified atom stereocenters. The Labute approximate surface area is 117 Å². The Balaban J connectivity index is 2.35. The summed E-state index contributed by atoms with van der Waals surface area (Å²) in [6.45, 7) is 6.67. The van der Waals surface area contributed by atoms with E-state index in [1.807, 2.05) is 6.07 Å². The highest BCUT2D eigenvalue weighted by molar-refractivity contribution is 7.98. The van der Waals surface area contributed by atoms with Crippen molar-refractivity contribution in [1.29, 1.82) is 0 Å². The van der Waals surface area contributed by atoms with Gasteiger partial charge < -0.3 is 0 Å². The second-order valence-corrected chi connectivity index (χ2v) is 7.17. The van der Waals surface area contributed by atoms with Gasteiger partial charge in [0.15, 0.2) is 4.34 Å². The highest BCUT2D eigenvalue weighted by Gasteiger charge is 2.23. The fourth-order valence-corrected chi connectivity index (χ4v) is 3.35. The van der Waals surface area contributed by atoms with Crippen LogP contribution in [0, 0.1) is 0 Å². The molecular formula is C14H18N2S2. The van der Waals surface area contributed by atoms with E-state index in [1.54, 1.807) is 11.3 Å². The molecule has 4 heteroatoms. The van der Waals surface area contributed by atoms with Crippen LogP contribution in [0.15, 0.2) is 34.7 Å². The Hall–Kier alpha value is -0.840. The van der Waals surface area contributed by atoms with Crippen LogP contribution in [0.25, 0.3) is 0 Å². The van der Waals surface area contributed by atoms with Crippen molar-refractivity contribution < 1.29 is 0 Å². The molecule has 0 spiro atoms. The number of benzene rings is 1. The monoisotopic (exact) mass is 278 g/mol. The summed E-state index contributed by atoms with van der Waals surface area (Å²) in [6.07, 6.45) is 0.879. The Morgan fingerprint density at radius 1 is 1.22 bits per heavy atom. The first-order valence-electron chi connectivity index (χ1n) is 5.91. The molecule has 0 aliphatic rings. The lowest BCUT2D eigenvalue weighted by Crippen LogP contribution is -2.12. The van der Waals surface area contributed by atoms with Gasteiger partial charge in [-0.05, 0) is 22.9 Å². The van der Waals surface area contributed by atoms with Crippen LogP contribution in [-0.4, -0.2) is 4.98 Å². The molecule has 0 radical (unpaired) electrons. The molecule has 2 rings (SSSR count). The Kier molecular flexibility index (Phi) is 4.10. The van der Waals surface area contributed by atoms with E-state index in [0.29, 0.717) is 0 Å². The molecule has 2 nitrogen and oxygen atoms in total. The van der Waals surface area contributed by atoms with Gasteiger partial charge in [-0.15, -0.1) is 11.3 Å². The SMILES string of the molecule is CC(C)(C)c1sc(SN)nc1Cc1ccccc1.